The molecule has 1 aromatic rings. The van der Waals surface area contributed by atoms with Gasteiger partial charge in [0.15, 0.2) is 0 Å². The predicted octanol–water partition coefficient (Wildman–Crippen LogP) is 1.33. The summed E-state index contributed by atoms with van der Waals surface area (Å²) in [6, 6.07) is -0.267. The van der Waals surface area contributed by atoms with Crippen molar-refractivity contribution in [2.75, 3.05) is 25.7 Å². The lowest BCUT2D eigenvalue weighted by Crippen LogP contribution is -2.46. The molecule has 1 aliphatic rings. The lowest BCUT2D eigenvalue weighted by atomic mass is 10.0. The first kappa shape index (κ1) is 13.6. The SMILES string of the molecule is COC(=O)C1CCCCN1c1ncnc(OC)c1C. The Morgan fingerprint density at radius 1 is 1.37 bits per heavy atom. The van der Waals surface area contributed by atoms with Crippen molar-refractivity contribution in [3.8, 4) is 5.88 Å². The van der Waals surface area contributed by atoms with Crippen LogP contribution in [-0.2, 0) is 9.53 Å². The molecular formula is C13H19N3O3. The minimum absolute atomic E-state index is 0.211. The molecule has 2 heterocycles. The van der Waals surface area contributed by atoms with Gasteiger partial charge in [-0.15, -0.1) is 0 Å². The normalized spacial score (nSPS) is 19.1. The fourth-order valence-corrected chi connectivity index (χ4v) is 2.49. The molecule has 1 fully saturated rings. The third-order valence-corrected chi connectivity index (χ3v) is 3.45. The predicted molar refractivity (Wildman–Crippen MR) is 70.3 cm³/mol. The summed E-state index contributed by atoms with van der Waals surface area (Å²) >= 11 is 0. The Kier molecular flexibility index (Phi) is 4.19. The highest BCUT2D eigenvalue weighted by Gasteiger charge is 2.31. The molecule has 2 rings (SSSR count). The van der Waals surface area contributed by atoms with E-state index in [1.165, 1.54) is 13.4 Å². The van der Waals surface area contributed by atoms with Gasteiger partial charge in [0, 0.05) is 6.54 Å². The quantitative estimate of drug-likeness (QED) is 0.768. The number of hydrogen-bond donors (Lipinski definition) is 0. The third kappa shape index (κ3) is 2.62. The van der Waals surface area contributed by atoms with Crippen LogP contribution in [-0.4, -0.2) is 42.7 Å². The fourth-order valence-electron chi connectivity index (χ4n) is 2.49. The van der Waals surface area contributed by atoms with Crippen molar-refractivity contribution >= 4 is 11.8 Å². The molecule has 0 bridgehead atoms. The van der Waals surface area contributed by atoms with Crippen LogP contribution in [0.4, 0.5) is 5.82 Å². The number of piperidine rings is 1. The highest BCUT2D eigenvalue weighted by Crippen LogP contribution is 2.29. The number of methoxy groups -OCH3 is 2. The summed E-state index contributed by atoms with van der Waals surface area (Å²) in [4.78, 5) is 22.2. The number of ether oxygens (including phenoxy) is 2. The van der Waals surface area contributed by atoms with Gasteiger partial charge in [-0.3, -0.25) is 0 Å². The number of carbonyl (C=O) groups excluding carboxylic acids is 1. The summed E-state index contributed by atoms with van der Waals surface area (Å²) in [6.07, 6.45) is 4.32. The van der Waals surface area contributed by atoms with Gasteiger partial charge in [-0.1, -0.05) is 0 Å². The van der Waals surface area contributed by atoms with Crippen molar-refractivity contribution in [2.45, 2.75) is 32.2 Å². The largest absolute Gasteiger partial charge is 0.481 e. The molecule has 1 unspecified atom stereocenters. The zero-order valence-electron chi connectivity index (χ0n) is 11.5. The van der Waals surface area contributed by atoms with Crippen LogP contribution in [0.3, 0.4) is 0 Å². The first-order chi connectivity index (χ1) is 9.19. The van der Waals surface area contributed by atoms with Crippen molar-refractivity contribution in [3.05, 3.63) is 11.9 Å². The minimum Gasteiger partial charge on any atom is -0.481 e. The van der Waals surface area contributed by atoms with Gasteiger partial charge in [0.1, 0.15) is 18.2 Å². The molecular weight excluding hydrogens is 246 g/mol. The molecule has 0 spiro atoms. The topological polar surface area (TPSA) is 64.5 Å². The molecule has 0 amide bonds. The van der Waals surface area contributed by atoms with Crippen LogP contribution in [0.1, 0.15) is 24.8 Å². The van der Waals surface area contributed by atoms with E-state index in [-0.39, 0.29) is 12.0 Å². The Bertz CT molecular complexity index is 464. The van der Waals surface area contributed by atoms with Crippen molar-refractivity contribution in [2.24, 2.45) is 0 Å². The molecule has 6 heteroatoms. The van der Waals surface area contributed by atoms with E-state index in [1.54, 1.807) is 7.11 Å². The Hall–Kier alpha value is -1.85. The van der Waals surface area contributed by atoms with Gasteiger partial charge in [0.05, 0.1) is 19.8 Å². The standard InChI is InChI=1S/C13H19N3O3/c1-9-11(14-8-15-12(9)18-2)16-7-5-4-6-10(16)13(17)19-3/h8,10H,4-7H2,1-3H3. The van der Waals surface area contributed by atoms with E-state index in [9.17, 15) is 4.79 Å². The zero-order valence-corrected chi connectivity index (χ0v) is 11.5. The number of anilines is 1. The number of carbonyl (C=O) groups is 1. The second-order valence-electron chi connectivity index (χ2n) is 4.56. The number of hydrogen-bond acceptors (Lipinski definition) is 6. The van der Waals surface area contributed by atoms with Crippen LogP contribution in [0.15, 0.2) is 6.33 Å². The minimum atomic E-state index is -0.267. The van der Waals surface area contributed by atoms with Gasteiger partial charge in [-0.2, -0.15) is 0 Å². The number of aromatic nitrogens is 2. The molecule has 6 nitrogen and oxygen atoms in total. The first-order valence-corrected chi connectivity index (χ1v) is 6.39. The molecule has 1 aromatic heterocycles. The highest BCUT2D eigenvalue weighted by atomic mass is 16.5. The van der Waals surface area contributed by atoms with Gasteiger partial charge >= 0.3 is 5.97 Å². The smallest absolute Gasteiger partial charge is 0.328 e. The molecule has 0 saturated carbocycles. The van der Waals surface area contributed by atoms with E-state index in [1.807, 2.05) is 11.8 Å². The van der Waals surface area contributed by atoms with E-state index in [4.69, 9.17) is 9.47 Å². The van der Waals surface area contributed by atoms with E-state index in [0.29, 0.717) is 5.88 Å². The number of rotatable bonds is 3. The Balaban J connectivity index is 2.35. The van der Waals surface area contributed by atoms with E-state index in [2.05, 4.69) is 9.97 Å². The Morgan fingerprint density at radius 2 is 2.16 bits per heavy atom. The van der Waals surface area contributed by atoms with Gasteiger partial charge < -0.3 is 14.4 Å². The molecule has 1 atom stereocenters. The van der Waals surface area contributed by atoms with Crippen molar-refractivity contribution in [1.82, 2.24) is 9.97 Å². The van der Waals surface area contributed by atoms with E-state index in [0.717, 1.165) is 37.2 Å². The lowest BCUT2D eigenvalue weighted by Gasteiger charge is -2.35. The summed E-state index contributed by atoms with van der Waals surface area (Å²) in [5, 5.41) is 0. The second kappa shape index (κ2) is 5.86. The van der Waals surface area contributed by atoms with Gasteiger partial charge in [-0.05, 0) is 26.2 Å². The van der Waals surface area contributed by atoms with Crippen LogP contribution in [0.5, 0.6) is 5.88 Å². The number of nitrogens with zero attached hydrogens (tertiary/aromatic N) is 3. The maximum Gasteiger partial charge on any atom is 0.328 e. The van der Waals surface area contributed by atoms with Crippen molar-refractivity contribution in [1.29, 1.82) is 0 Å². The monoisotopic (exact) mass is 265 g/mol. The summed E-state index contributed by atoms with van der Waals surface area (Å²) in [5.74, 6) is 1.08. The molecule has 1 saturated heterocycles. The number of esters is 1. The van der Waals surface area contributed by atoms with Crippen LogP contribution < -0.4 is 9.64 Å². The maximum atomic E-state index is 11.9. The Labute approximate surface area is 112 Å². The summed E-state index contributed by atoms with van der Waals surface area (Å²) < 4.78 is 10.1. The van der Waals surface area contributed by atoms with Crippen LogP contribution in [0.2, 0.25) is 0 Å². The van der Waals surface area contributed by atoms with Crippen LogP contribution in [0, 0.1) is 6.92 Å². The molecule has 1 aliphatic heterocycles. The first-order valence-electron chi connectivity index (χ1n) is 6.39. The fraction of sp³-hybridized carbons (Fsp3) is 0.615. The second-order valence-corrected chi connectivity index (χ2v) is 4.56. The highest BCUT2D eigenvalue weighted by molar-refractivity contribution is 5.80. The molecule has 0 aliphatic carbocycles. The summed E-state index contributed by atoms with van der Waals surface area (Å²) in [5.41, 5.74) is 0.848. The molecule has 0 N–H and O–H groups in total. The van der Waals surface area contributed by atoms with Gasteiger partial charge in [-0.25, -0.2) is 14.8 Å². The van der Waals surface area contributed by atoms with Gasteiger partial charge in [0.25, 0.3) is 0 Å². The van der Waals surface area contributed by atoms with Crippen LogP contribution >= 0.6 is 0 Å². The lowest BCUT2D eigenvalue weighted by molar-refractivity contribution is -0.142. The average Bonchev–Trinajstić information content (AvgIpc) is 2.47. The van der Waals surface area contributed by atoms with Crippen LogP contribution in [0.25, 0.3) is 0 Å². The average molecular weight is 265 g/mol. The van der Waals surface area contributed by atoms with Crippen molar-refractivity contribution in [3.63, 3.8) is 0 Å². The molecule has 104 valence electrons. The van der Waals surface area contributed by atoms with Crippen molar-refractivity contribution < 1.29 is 14.3 Å². The summed E-state index contributed by atoms with van der Waals surface area (Å²) in [6.45, 7) is 2.69. The van der Waals surface area contributed by atoms with E-state index >= 15 is 0 Å². The third-order valence-electron chi connectivity index (χ3n) is 3.45. The zero-order chi connectivity index (χ0) is 13.8. The Morgan fingerprint density at radius 3 is 2.84 bits per heavy atom. The molecule has 0 aromatic carbocycles. The maximum absolute atomic E-state index is 11.9. The molecule has 0 radical (unpaired) electrons. The van der Waals surface area contributed by atoms with Gasteiger partial charge in [0.2, 0.25) is 5.88 Å². The summed E-state index contributed by atoms with van der Waals surface area (Å²) in [7, 11) is 3.00. The molecule has 19 heavy (non-hydrogen) atoms. The van der Waals surface area contributed by atoms with E-state index < -0.39 is 0 Å².